The molecule has 1 saturated heterocycles. The maximum Gasteiger partial charge on any atom is 0.231 e. The van der Waals surface area contributed by atoms with Crippen molar-refractivity contribution in [1.29, 1.82) is 0 Å². The van der Waals surface area contributed by atoms with Gasteiger partial charge in [-0.2, -0.15) is 0 Å². The van der Waals surface area contributed by atoms with Crippen molar-refractivity contribution in [3.63, 3.8) is 0 Å². The Kier molecular flexibility index (Phi) is 1.92. The Hall–Kier alpha value is -0.740. The molecule has 3 nitrogen and oxygen atoms in total. The van der Waals surface area contributed by atoms with E-state index in [0.29, 0.717) is 12.9 Å². The second kappa shape index (κ2) is 3.14. The molecule has 4 heteroatoms. The highest BCUT2D eigenvalue weighted by molar-refractivity contribution is 9.09. The summed E-state index contributed by atoms with van der Waals surface area (Å²) in [4.78, 5) is 0. The van der Waals surface area contributed by atoms with Gasteiger partial charge in [-0.1, -0.05) is 22.0 Å². The number of ether oxygens (including phenoxy) is 3. The quantitative estimate of drug-likeness (QED) is 0.601. The molecule has 2 aliphatic heterocycles. The third-order valence-corrected chi connectivity index (χ3v) is 3.10. The van der Waals surface area contributed by atoms with Crippen LogP contribution in [-0.2, 0) is 4.74 Å². The molecular formula is C10H9BrO3. The fraction of sp³-hybridized carbons (Fsp3) is 0.400. The Morgan fingerprint density at radius 2 is 2.14 bits per heavy atom. The number of epoxide rings is 1. The molecule has 0 radical (unpaired) electrons. The highest BCUT2D eigenvalue weighted by atomic mass is 79.9. The van der Waals surface area contributed by atoms with Crippen LogP contribution < -0.4 is 9.47 Å². The Labute approximate surface area is 90.1 Å². The van der Waals surface area contributed by atoms with E-state index in [9.17, 15) is 0 Å². The van der Waals surface area contributed by atoms with Crippen molar-refractivity contribution in [3.8, 4) is 11.5 Å². The summed E-state index contributed by atoms with van der Waals surface area (Å²) >= 11 is 3.40. The molecule has 2 heterocycles. The third-order valence-electron chi connectivity index (χ3n) is 2.46. The first-order valence-corrected chi connectivity index (χ1v) is 5.61. The van der Waals surface area contributed by atoms with Crippen LogP contribution in [-0.4, -0.2) is 18.2 Å². The van der Waals surface area contributed by atoms with Crippen LogP contribution in [0.3, 0.4) is 0 Å². The van der Waals surface area contributed by atoms with Crippen LogP contribution in [0.4, 0.5) is 0 Å². The van der Waals surface area contributed by atoms with Gasteiger partial charge in [-0.3, -0.25) is 0 Å². The number of rotatable bonds is 2. The number of fused-ring (bicyclic) bond motifs is 1. The average Bonchev–Trinajstić information content (AvgIpc) is 2.87. The molecule has 14 heavy (non-hydrogen) atoms. The summed E-state index contributed by atoms with van der Waals surface area (Å²) in [6.45, 7) is 0.326. The zero-order valence-corrected chi connectivity index (χ0v) is 8.99. The van der Waals surface area contributed by atoms with Gasteiger partial charge in [-0.15, -0.1) is 0 Å². The topological polar surface area (TPSA) is 31.0 Å². The van der Waals surface area contributed by atoms with Crippen LogP contribution in [0.15, 0.2) is 18.2 Å². The lowest BCUT2D eigenvalue weighted by molar-refractivity contribution is 0.174. The number of alkyl halides is 1. The zero-order valence-electron chi connectivity index (χ0n) is 7.40. The predicted molar refractivity (Wildman–Crippen MR) is 54.0 cm³/mol. The van der Waals surface area contributed by atoms with E-state index in [0.717, 1.165) is 16.8 Å². The van der Waals surface area contributed by atoms with E-state index in [4.69, 9.17) is 14.2 Å². The van der Waals surface area contributed by atoms with Gasteiger partial charge in [0, 0.05) is 5.33 Å². The molecule has 0 saturated carbocycles. The van der Waals surface area contributed by atoms with Crippen molar-refractivity contribution in [2.75, 3.05) is 12.1 Å². The van der Waals surface area contributed by atoms with E-state index in [1.807, 2.05) is 18.2 Å². The van der Waals surface area contributed by atoms with Crippen LogP contribution in [0, 0.1) is 0 Å². The average molecular weight is 257 g/mol. The number of hydrogen-bond acceptors (Lipinski definition) is 3. The molecule has 0 bridgehead atoms. The van der Waals surface area contributed by atoms with Gasteiger partial charge < -0.3 is 14.2 Å². The molecule has 2 aliphatic rings. The summed E-state index contributed by atoms with van der Waals surface area (Å²) in [6.07, 6.45) is 0.541. The van der Waals surface area contributed by atoms with Gasteiger partial charge in [0.1, 0.15) is 6.10 Å². The first kappa shape index (κ1) is 8.56. The van der Waals surface area contributed by atoms with Gasteiger partial charge in [-0.25, -0.2) is 0 Å². The summed E-state index contributed by atoms with van der Waals surface area (Å²) in [5, 5.41) is 0.881. The molecule has 0 spiro atoms. The minimum atomic E-state index is 0.226. The van der Waals surface area contributed by atoms with Gasteiger partial charge in [-0.05, 0) is 17.7 Å². The van der Waals surface area contributed by atoms with E-state index >= 15 is 0 Å². The van der Waals surface area contributed by atoms with Crippen LogP contribution in [0.25, 0.3) is 0 Å². The Balaban J connectivity index is 1.87. The Bertz CT molecular complexity index is 366. The largest absolute Gasteiger partial charge is 0.454 e. The number of hydrogen-bond donors (Lipinski definition) is 0. The van der Waals surface area contributed by atoms with Gasteiger partial charge in [0.05, 0.1) is 6.10 Å². The molecule has 74 valence electrons. The van der Waals surface area contributed by atoms with Gasteiger partial charge in [0.25, 0.3) is 0 Å². The molecule has 1 aromatic carbocycles. The van der Waals surface area contributed by atoms with E-state index in [2.05, 4.69) is 15.9 Å². The van der Waals surface area contributed by atoms with Gasteiger partial charge in [0.15, 0.2) is 11.5 Å². The molecule has 0 aliphatic carbocycles. The highest BCUT2D eigenvalue weighted by Gasteiger charge is 2.39. The lowest BCUT2D eigenvalue weighted by Crippen LogP contribution is -1.93. The first-order chi connectivity index (χ1) is 6.88. The SMILES string of the molecule is BrC[C@@H]1O[C@H]1c1ccc2c(c1)OCO2. The normalized spacial score (nSPS) is 27.8. The van der Waals surface area contributed by atoms with Crippen LogP contribution >= 0.6 is 15.9 Å². The number of benzene rings is 1. The molecule has 2 atom stereocenters. The van der Waals surface area contributed by atoms with Crippen LogP contribution in [0.2, 0.25) is 0 Å². The molecule has 0 amide bonds. The molecule has 0 N–H and O–H groups in total. The highest BCUT2D eigenvalue weighted by Crippen LogP contribution is 2.43. The van der Waals surface area contributed by atoms with Crippen molar-refractivity contribution in [2.24, 2.45) is 0 Å². The molecule has 1 aromatic rings. The lowest BCUT2D eigenvalue weighted by atomic mass is 10.1. The fourth-order valence-electron chi connectivity index (χ4n) is 1.64. The standard InChI is InChI=1S/C10H9BrO3/c11-4-9-10(14-9)6-1-2-7-8(3-6)13-5-12-7/h1-3,9-10H,4-5H2/t9-,10-/m0/s1. The minimum absolute atomic E-state index is 0.226. The van der Waals surface area contributed by atoms with Crippen molar-refractivity contribution < 1.29 is 14.2 Å². The lowest BCUT2D eigenvalue weighted by Gasteiger charge is -1.98. The monoisotopic (exact) mass is 256 g/mol. The Morgan fingerprint density at radius 3 is 2.93 bits per heavy atom. The van der Waals surface area contributed by atoms with Crippen LogP contribution in [0.5, 0.6) is 11.5 Å². The van der Waals surface area contributed by atoms with Gasteiger partial charge >= 0.3 is 0 Å². The van der Waals surface area contributed by atoms with Crippen LogP contribution in [0.1, 0.15) is 11.7 Å². The molecule has 1 fully saturated rings. The third kappa shape index (κ3) is 1.29. The predicted octanol–water partition coefficient (Wildman–Crippen LogP) is 2.25. The second-order valence-corrected chi connectivity index (χ2v) is 4.01. The van der Waals surface area contributed by atoms with E-state index in [-0.39, 0.29) is 6.10 Å². The first-order valence-electron chi connectivity index (χ1n) is 4.49. The van der Waals surface area contributed by atoms with Crippen molar-refractivity contribution in [3.05, 3.63) is 23.8 Å². The van der Waals surface area contributed by atoms with Gasteiger partial charge in [0.2, 0.25) is 6.79 Å². The summed E-state index contributed by atoms with van der Waals surface area (Å²) in [6, 6.07) is 5.96. The van der Waals surface area contributed by atoms with Crippen molar-refractivity contribution in [1.82, 2.24) is 0 Å². The summed E-state index contributed by atoms with van der Waals surface area (Å²) in [5.41, 5.74) is 1.17. The van der Waals surface area contributed by atoms with E-state index < -0.39 is 0 Å². The van der Waals surface area contributed by atoms with E-state index in [1.54, 1.807) is 0 Å². The smallest absolute Gasteiger partial charge is 0.231 e. The summed E-state index contributed by atoms with van der Waals surface area (Å²) < 4.78 is 16.0. The van der Waals surface area contributed by atoms with E-state index in [1.165, 1.54) is 5.56 Å². The molecular weight excluding hydrogens is 248 g/mol. The number of halogens is 1. The zero-order chi connectivity index (χ0) is 9.54. The molecule has 0 unspecified atom stereocenters. The minimum Gasteiger partial charge on any atom is -0.454 e. The maximum atomic E-state index is 5.47. The van der Waals surface area contributed by atoms with Crippen molar-refractivity contribution >= 4 is 15.9 Å². The molecule has 0 aromatic heterocycles. The molecule has 3 rings (SSSR count). The van der Waals surface area contributed by atoms with Crippen molar-refractivity contribution in [2.45, 2.75) is 12.2 Å². The second-order valence-electron chi connectivity index (χ2n) is 3.36. The maximum absolute atomic E-state index is 5.47. The Morgan fingerprint density at radius 1 is 1.29 bits per heavy atom. The fourth-order valence-corrected chi connectivity index (χ4v) is 2.14. The summed E-state index contributed by atoms with van der Waals surface area (Å²) in [7, 11) is 0. The summed E-state index contributed by atoms with van der Waals surface area (Å²) in [5.74, 6) is 1.65.